The number of fused-ring (bicyclic) bond motifs is 1. The Bertz CT molecular complexity index is 564. The quantitative estimate of drug-likeness (QED) is 0.916. The predicted molar refractivity (Wildman–Crippen MR) is 74.0 cm³/mol. The Kier molecular flexibility index (Phi) is 3.25. The maximum Gasteiger partial charge on any atom is 0.126 e. The standard InChI is InChI=1S/C15H19N3O/c1-2-18-8-7-17-15(18)14(16)12-9-11-5-3-4-6-13(11)19-10-12/h3-8,12,14H,2,9-10,16H2,1H3. The van der Waals surface area contributed by atoms with Gasteiger partial charge in [-0.05, 0) is 25.0 Å². The van der Waals surface area contributed by atoms with Gasteiger partial charge in [0.2, 0.25) is 0 Å². The molecule has 1 aliphatic heterocycles. The number of rotatable bonds is 3. The molecule has 2 N–H and O–H groups in total. The van der Waals surface area contributed by atoms with E-state index in [4.69, 9.17) is 10.5 Å². The molecule has 0 saturated heterocycles. The van der Waals surface area contributed by atoms with Gasteiger partial charge in [0, 0.05) is 24.9 Å². The van der Waals surface area contributed by atoms with E-state index in [1.54, 1.807) is 0 Å². The molecule has 4 nitrogen and oxygen atoms in total. The molecule has 4 heteroatoms. The Morgan fingerprint density at radius 3 is 3.16 bits per heavy atom. The summed E-state index contributed by atoms with van der Waals surface area (Å²) in [4.78, 5) is 4.40. The zero-order chi connectivity index (χ0) is 13.2. The molecule has 0 aliphatic carbocycles. The zero-order valence-corrected chi connectivity index (χ0v) is 11.1. The Morgan fingerprint density at radius 1 is 1.47 bits per heavy atom. The van der Waals surface area contributed by atoms with Crippen molar-refractivity contribution < 1.29 is 4.74 Å². The van der Waals surface area contributed by atoms with Gasteiger partial charge in [-0.25, -0.2) is 4.98 Å². The number of imidazole rings is 1. The average Bonchev–Trinajstić information content (AvgIpc) is 2.94. The molecule has 0 spiro atoms. The van der Waals surface area contributed by atoms with E-state index in [1.165, 1.54) is 5.56 Å². The van der Waals surface area contributed by atoms with Crippen LogP contribution in [-0.4, -0.2) is 16.2 Å². The molecular weight excluding hydrogens is 238 g/mol. The summed E-state index contributed by atoms with van der Waals surface area (Å²) in [6.07, 6.45) is 4.75. The lowest BCUT2D eigenvalue weighted by Gasteiger charge is -2.29. The van der Waals surface area contributed by atoms with Crippen LogP contribution in [0.4, 0.5) is 0 Å². The molecule has 1 aromatic carbocycles. The van der Waals surface area contributed by atoms with Gasteiger partial charge in [0.25, 0.3) is 0 Å². The van der Waals surface area contributed by atoms with E-state index in [9.17, 15) is 0 Å². The molecule has 1 aromatic heterocycles. The molecule has 0 radical (unpaired) electrons. The minimum Gasteiger partial charge on any atom is -0.493 e. The SMILES string of the molecule is CCn1ccnc1C(N)C1COc2ccccc2C1. The first kappa shape index (κ1) is 12.2. The van der Waals surface area contributed by atoms with Crippen molar-refractivity contribution in [1.82, 2.24) is 9.55 Å². The van der Waals surface area contributed by atoms with E-state index >= 15 is 0 Å². The van der Waals surface area contributed by atoms with Crippen LogP contribution >= 0.6 is 0 Å². The summed E-state index contributed by atoms with van der Waals surface area (Å²) >= 11 is 0. The van der Waals surface area contributed by atoms with Gasteiger partial charge in [-0.15, -0.1) is 0 Å². The van der Waals surface area contributed by atoms with Gasteiger partial charge in [-0.3, -0.25) is 0 Å². The lowest BCUT2D eigenvalue weighted by atomic mass is 9.90. The van der Waals surface area contributed by atoms with Crippen LogP contribution in [0.5, 0.6) is 5.75 Å². The van der Waals surface area contributed by atoms with Gasteiger partial charge in [0.1, 0.15) is 11.6 Å². The second kappa shape index (κ2) is 5.05. The van der Waals surface area contributed by atoms with Crippen LogP contribution in [0.15, 0.2) is 36.7 Å². The van der Waals surface area contributed by atoms with Gasteiger partial charge in [-0.1, -0.05) is 18.2 Å². The molecule has 0 saturated carbocycles. The van der Waals surface area contributed by atoms with Crippen LogP contribution in [0, 0.1) is 5.92 Å². The Labute approximate surface area is 113 Å². The number of nitrogens with two attached hydrogens (primary N) is 1. The normalized spacial score (nSPS) is 19.6. The summed E-state index contributed by atoms with van der Waals surface area (Å²) < 4.78 is 7.91. The number of nitrogens with zero attached hydrogens (tertiary/aromatic N) is 2. The third-order valence-corrected chi connectivity index (χ3v) is 3.80. The highest BCUT2D eigenvalue weighted by Gasteiger charge is 2.28. The van der Waals surface area contributed by atoms with Crippen molar-refractivity contribution in [2.24, 2.45) is 11.7 Å². The molecule has 2 aromatic rings. The molecule has 2 unspecified atom stereocenters. The van der Waals surface area contributed by atoms with Crippen LogP contribution in [0.25, 0.3) is 0 Å². The molecule has 19 heavy (non-hydrogen) atoms. The van der Waals surface area contributed by atoms with Crippen molar-refractivity contribution in [2.75, 3.05) is 6.61 Å². The summed E-state index contributed by atoms with van der Waals surface area (Å²) in [6, 6.07) is 8.10. The highest BCUT2D eigenvalue weighted by Crippen LogP contribution is 2.31. The molecule has 0 bridgehead atoms. The number of benzene rings is 1. The van der Waals surface area contributed by atoms with E-state index in [0.29, 0.717) is 6.61 Å². The summed E-state index contributed by atoms with van der Waals surface area (Å²) in [5.41, 5.74) is 7.62. The maximum atomic E-state index is 6.38. The first-order chi connectivity index (χ1) is 9.29. The van der Waals surface area contributed by atoms with E-state index in [2.05, 4.69) is 22.5 Å². The predicted octanol–water partition coefficient (Wildman–Crippen LogP) is 2.15. The molecule has 2 atom stereocenters. The molecule has 3 rings (SSSR count). The van der Waals surface area contributed by atoms with Crippen molar-refractivity contribution in [1.29, 1.82) is 0 Å². The van der Waals surface area contributed by atoms with Crippen molar-refractivity contribution >= 4 is 0 Å². The fraction of sp³-hybridized carbons (Fsp3) is 0.400. The Morgan fingerprint density at radius 2 is 2.32 bits per heavy atom. The van der Waals surface area contributed by atoms with Crippen molar-refractivity contribution in [3.8, 4) is 5.75 Å². The van der Waals surface area contributed by atoms with Crippen molar-refractivity contribution in [3.63, 3.8) is 0 Å². The molecule has 0 fully saturated rings. The lowest BCUT2D eigenvalue weighted by Crippen LogP contribution is -2.33. The minimum absolute atomic E-state index is 0.0803. The Hall–Kier alpha value is -1.81. The second-order valence-electron chi connectivity index (χ2n) is 4.98. The van der Waals surface area contributed by atoms with Gasteiger partial charge in [0.15, 0.2) is 0 Å². The topological polar surface area (TPSA) is 53.1 Å². The highest BCUT2D eigenvalue weighted by atomic mass is 16.5. The Balaban J connectivity index is 1.81. The summed E-state index contributed by atoms with van der Waals surface area (Å²) in [7, 11) is 0. The summed E-state index contributed by atoms with van der Waals surface area (Å²) in [6.45, 7) is 3.66. The van der Waals surface area contributed by atoms with E-state index in [0.717, 1.165) is 24.5 Å². The molecule has 100 valence electrons. The third-order valence-electron chi connectivity index (χ3n) is 3.80. The molecule has 1 aliphatic rings. The average molecular weight is 257 g/mol. The van der Waals surface area contributed by atoms with Crippen LogP contribution in [0.1, 0.15) is 24.4 Å². The monoisotopic (exact) mass is 257 g/mol. The second-order valence-corrected chi connectivity index (χ2v) is 4.98. The number of hydrogen-bond donors (Lipinski definition) is 1. The fourth-order valence-electron chi connectivity index (χ4n) is 2.68. The van der Waals surface area contributed by atoms with Gasteiger partial charge in [0.05, 0.1) is 12.6 Å². The maximum absolute atomic E-state index is 6.38. The summed E-state index contributed by atoms with van der Waals surface area (Å²) in [5, 5.41) is 0. The van der Waals surface area contributed by atoms with Gasteiger partial charge >= 0.3 is 0 Å². The number of para-hydroxylation sites is 1. The number of aromatic nitrogens is 2. The highest BCUT2D eigenvalue weighted by molar-refractivity contribution is 5.35. The lowest BCUT2D eigenvalue weighted by molar-refractivity contribution is 0.195. The largest absolute Gasteiger partial charge is 0.493 e. The van der Waals surface area contributed by atoms with Gasteiger partial charge < -0.3 is 15.0 Å². The number of hydrogen-bond acceptors (Lipinski definition) is 3. The smallest absolute Gasteiger partial charge is 0.126 e. The van der Waals surface area contributed by atoms with E-state index in [1.807, 2.05) is 30.6 Å². The van der Waals surface area contributed by atoms with Gasteiger partial charge in [-0.2, -0.15) is 0 Å². The van der Waals surface area contributed by atoms with Crippen LogP contribution in [-0.2, 0) is 13.0 Å². The molecule has 2 heterocycles. The third kappa shape index (κ3) is 2.24. The van der Waals surface area contributed by atoms with Crippen LogP contribution < -0.4 is 10.5 Å². The van der Waals surface area contributed by atoms with Crippen LogP contribution in [0.2, 0.25) is 0 Å². The first-order valence-corrected chi connectivity index (χ1v) is 6.77. The summed E-state index contributed by atoms with van der Waals surface area (Å²) in [5.74, 6) is 2.22. The first-order valence-electron chi connectivity index (χ1n) is 6.77. The molecular formula is C15H19N3O. The zero-order valence-electron chi connectivity index (χ0n) is 11.1. The number of aryl methyl sites for hydroxylation is 1. The fourth-order valence-corrected chi connectivity index (χ4v) is 2.68. The van der Waals surface area contributed by atoms with Crippen molar-refractivity contribution in [2.45, 2.75) is 25.9 Å². The van der Waals surface area contributed by atoms with E-state index < -0.39 is 0 Å². The van der Waals surface area contributed by atoms with Crippen LogP contribution in [0.3, 0.4) is 0 Å². The van der Waals surface area contributed by atoms with E-state index in [-0.39, 0.29) is 12.0 Å². The minimum atomic E-state index is -0.0803. The number of ether oxygens (including phenoxy) is 1. The van der Waals surface area contributed by atoms with Crippen molar-refractivity contribution in [3.05, 3.63) is 48.0 Å². The molecule has 0 amide bonds.